The average Bonchev–Trinajstić information content (AvgIpc) is 3.56. The average molecular weight is 778 g/mol. The predicted octanol–water partition coefficient (Wildman–Crippen LogP) is 4.26. The van der Waals surface area contributed by atoms with Crippen LogP contribution in [0.15, 0.2) is 48.5 Å². The Morgan fingerprint density at radius 2 is 1.61 bits per heavy atom. The molecule has 0 bridgehead atoms. The number of carbonyl (C=O) groups is 5. The van der Waals surface area contributed by atoms with E-state index in [-0.39, 0.29) is 56.2 Å². The Morgan fingerprint density at radius 1 is 0.893 bits per heavy atom. The zero-order chi connectivity index (χ0) is 40.8. The summed E-state index contributed by atoms with van der Waals surface area (Å²) in [6, 6.07) is 11.5. The van der Waals surface area contributed by atoms with Crippen LogP contribution in [0, 0.1) is 17.8 Å². The molecule has 4 amide bonds. The molecule has 1 aliphatic heterocycles. The van der Waals surface area contributed by atoms with E-state index in [1.54, 1.807) is 6.07 Å². The van der Waals surface area contributed by atoms with E-state index in [0.29, 0.717) is 36.6 Å². The molecule has 1 saturated carbocycles. The lowest BCUT2D eigenvalue weighted by Gasteiger charge is -2.36. The van der Waals surface area contributed by atoms with Gasteiger partial charge in [-0.2, -0.15) is 0 Å². The molecule has 56 heavy (non-hydrogen) atoms. The van der Waals surface area contributed by atoms with Gasteiger partial charge in [0.05, 0.1) is 31.2 Å². The minimum Gasteiger partial charge on any atom is -0.491 e. The topological polar surface area (TPSA) is 186 Å². The summed E-state index contributed by atoms with van der Waals surface area (Å²) < 4.78 is 6.02. The van der Waals surface area contributed by atoms with Gasteiger partial charge in [0.2, 0.25) is 23.6 Å². The number of carboxylic acids is 1. The SMILES string of the molecule is CC(=O)N(C1COc2ccc(CNCC(=O)O)cc21)[C@@H](Cc1ccccc1)C(=O)N[C@@H](CC(C)C)C(=O)NC(CC1CCCCC1)C(O)CC(=O)NCC(C)C. The van der Waals surface area contributed by atoms with E-state index in [1.165, 1.54) is 11.8 Å². The number of aliphatic hydroxyl groups excluding tert-OH is 1. The van der Waals surface area contributed by atoms with Crippen LogP contribution in [0.4, 0.5) is 0 Å². The molecule has 1 heterocycles. The normalized spacial score (nSPS) is 17.6. The number of amides is 4. The second kappa shape index (κ2) is 21.7. The van der Waals surface area contributed by atoms with Crippen LogP contribution < -0.4 is 26.0 Å². The highest BCUT2D eigenvalue weighted by atomic mass is 16.5. The maximum atomic E-state index is 14.6. The highest BCUT2D eigenvalue weighted by molar-refractivity contribution is 5.92. The summed E-state index contributed by atoms with van der Waals surface area (Å²) in [5, 5.41) is 32.3. The number of ether oxygens (including phenoxy) is 1. The zero-order valence-corrected chi connectivity index (χ0v) is 33.7. The first-order chi connectivity index (χ1) is 26.7. The van der Waals surface area contributed by atoms with Crippen LogP contribution in [0.2, 0.25) is 0 Å². The Bertz CT molecular complexity index is 1610. The molecule has 1 fully saturated rings. The number of rotatable bonds is 21. The van der Waals surface area contributed by atoms with E-state index >= 15 is 0 Å². The van der Waals surface area contributed by atoms with E-state index in [9.17, 15) is 29.1 Å². The Balaban J connectivity index is 1.61. The first-order valence-electron chi connectivity index (χ1n) is 20.3. The van der Waals surface area contributed by atoms with Crippen LogP contribution in [0.5, 0.6) is 5.75 Å². The second-order valence-electron chi connectivity index (χ2n) is 16.3. The van der Waals surface area contributed by atoms with Gasteiger partial charge in [-0.05, 0) is 53.9 Å². The van der Waals surface area contributed by atoms with Crippen LogP contribution in [0.3, 0.4) is 0 Å². The number of aliphatic carboxylic acids is 1. The summed E-state index contributed by atoms with van der Waals surface area (Å²) in [6.45, 7) is 9.98. The molecule has 2 aromatic rings. The second-order valence-corrected chi connectivity index (χ2v) is 16.3. The molecule has 308 valence electrons. The fourth-order valence-electron chi connectivity index (χ4n) is 7.78. The van der Waals surface area contributed by atoms with Gasteiger partial charge in [0, 0.05) is 32.0 Å². The quantitative estimate of drug-likeness (QED) is 0.108. The molecule has 0 radical (unpaired) electrons. The number of aliphatic hydroxyl groups is 1. The smallest absolute Gasteiger partial charge is 0.317 e. The standard InChI is InChI=1S/C43H63N5O8/c1-27(2)18-35(42(54)46-34(20-30-12-8-6-9-13-30)38(50)22-40(51)45-23-28(3)4)47-43(55)36(21-31-14-10-7-11-15-31)48(29(5)49)37-26-56-39-17-16-32(19-33(37)39)24-44-25-41(52)53/h7,10-11,14-17,19,27-28,30,34-38,44,50H,6,8-9,12-13,18,20-26H2,1-5H3,(H,45,51)(H,46,54)(H,47,55)(H,52,53)/t34?,35-,36-,37?,38?/m0/s1. The van der Waals surface area contributed by atoms with Crippen molar-refractivity contribution in [2.24, 2.45) is 17.8 Å². The van der Waals surface area contributed by atoms with Crippen molar-refractivity contribution in [3.8, 4) is 5.75 Å². The van der Waals surface area contributed by atoms with Crippen molar-refractivity contribution in [3.63, 3.8) is 0 Å². The lowest BCUT2D eigenvalue weighted by atomic mass is 9.83. The Hall–Kier alpha value is -4.49. The van der Waals surface area contributed by atoms with E-state index in [0.717, 1.165) is 43.2 Å². The van der Waals surface area contributed by atoms with Crippen LogP contribution in [-0.2, 0) is 36.9 Å². The monoisotopic (exact) mass is 777 g/mol. The lowest BCUT2D eigenvalue weighted by molar-refractivity contribution is -0.143. The molecule has 2 aliphatic rings. The Kier molecular flexibility index (Phi) is 17.1. The number of benzene rings is 2. The maximum absolute atomic E-state index is 14.6. The molecule has 1 aliphatic carbocycles. The van der Waals surface area contributed by atoms with Gasteiger partial charge in [0.25, 0.3) is 0 Å². The number of hydrogen-bond acceptors (Lipinski definition) is 8. The maximum Gasteiger partial charge on any atom is 0.317 e. The van der Waals surface area contributed by atoms with E-state index in [1.807, 2.05) is 70.2 Å². The molecular formula is C43H63N5O8. The number of carbonyl (C=O) groups excluding carboxylic acids is 4. The number of nitrogens with one attached hydrogen (secondary N) is 4. The first kappa shape index (κ1) is 44.2. The van der Waals surface area contributed by atoms with Gasteiger partial charge in [-0.1, -0.05) is 96.2 Å². The highest BCUT2D eigenvalue weighted by Gasteiger charge is 2.40. The summed E-state index contributed by atoms with van der Waals surface area (Å²) in [5.41, 5.74) is 2.32. The van der Waals surface area contributed by atoms with Gasteiger partial charge in [0.1, 0.15) is 24.4 Å². The largest absolute Gasteiger partial charge is 0.491 e. The van der Waals surface area contributed by atoms with Crippen molar-refractivity contribution in [1.29, 1.82) is 0 Å². The van der Waals surface area contributed by atoms with Gasteiger partial charge < -0.3 is 41.1 Å². The molecule has 0 saturated heterocycles. The zero-order valence-electron chi connectivity index (χ0n) is 33.7. The van der Waals surface area contributed by atoms with Gasteiger partial charge in [-0.25, -0.2) is 0 Å². The summed E-state index contributed by atoms with van der Waals surface area (Å²) in [5.74, 6) is -1.44. The minimum atomic E-state index is -1.12. The number of carboxylic acid groups (broad SMARTS) is 1. The van der Waals surface area contributed by atoms with Crippen LogP contribution in [0.25, 0.3) is 0 Å². The van der Waals surface area contributed by atoms with Crippen LogP contribution >= 0.6 is 0 Å². The third-order valence-electron chi connectivity index (χ3n) is 10.6. The molecule has 3 unspecified atom stereocenters. The van der Waals surface area contributed by atoms with Crippen molar-refractivity contribution >= 4 is 29.6 Å². The molecule has 5 atom stereocenters. The highest BCUT2D eigenvalue weighted by Crippen LogP contribution is 2.38. The summed E-state index contributed by atoms with van der Waals surface area (Å²) in [7, 11) is 0. The van der Waals surface area contributed by atoms with Crippen LogP contribution in [-0.4, -0.2) is 88.6 Å². The lowest BCUT2D eigenvalue weighted by Crippen LogP contribution is -2.58. The number of nitrogens with zero attached hydrogens (tertiary/aromatic N) is 1. The third-order valence-corrected chi connectivity index (χ3v) is 10.6. The third kappa shape index (κ3) is 13.6. The Morgan fingerprint density at radius 3 is 2.25 bits per heavy atom. The van der Waals surface area contributed by atoms with Gasteiger partial charge in [-0.3, -0.25) is 24.0 Å². The van der Waals surface area contributed by atoms with Crippen molar-refractivity contribution in [2.45, 2.75) is 129 Å². The number of fused-ring (bicyclic) bond motifs is 1. The van der Waals surface area contributed by atoms with Crippen molar-refractivity contribution in [1.82, 2.24) is 26.2 Å². The molecule has 6 N–H and O–H groups in total. The van der Waals surface area contributed by atoms with E-state index < -0.39 is 48.1 Å². The molecular weight excluding hydrogens is 714 g/mol. The molecule has 0 aromatic heterocycles. The van der Waals surface area contributed by atoms with Gasteiger partial charge in [-0.15, -0.1) is 0 Å². The first-order valence-corrected chi connectivity index (χ1v) is 20.3. The van der Waals surface area contributed by atoms with E-state index in [2.05, 4.69) is 21.3 Å². The fraction of sp³-hybridized carbons (Fsp3) is 0.605. The van der Waals surface area contributed by atoms with Crippen molar-refractivity contribution < 1.29 is 38.9 Å². The summed E-state index contributed by atoms with van der Waals surface area (Å²) in [4.78, 5) is 68.0. The molecule has 4 rings (SSSR count). The van der Waals surface area contributed by atoms with Crippen molar-refractivity contribution in [3.05, 3.63) is 65.2 Å². The molecule has 13 nitrogen and oxygen atoms in total. The molecule has 2 aromatic carbocycles. The number of hydrogen-bond donors (Lipinski definition) is 6. The van der Waals surface area contributed by atoms with Crippen molar-refractivity contribution in [2.75, 3.05) is 19.7 Å². The fourth-order valence-corrected chi connectivity index (χ4v) is 7.78. The van der Waals surface area contributed by atoms with Gasteiger partial charge >= 0.3 is 5.97 Å². The predicted molar refractivity (Wildman–Crippen MR) is 213 cm³/mol. The Labute approximate surface area is 331 Å². The summed E-state index contributed by atoms with van der Waals surface area (Å²) in [6.07, 6.45) is 5.02. The molecule has 0 spiro atoms. The minimum absolute atomic E-state index is 0.00864. The van der Waals surface area contributed by atoms with E-state index in [4.69, 9.17) is 9.84 Å². The van der Waals surface area contributed by atoms with Crippen LogP contribution in [0.1, 0.15) is 109 Å². The summed E-state index contributed by atoms with van der Waals surface area (Å²) >= 11 is 0. The van der Waals surface area contributed by atoms with Gasteiger partial charge in [0.15, 0.2) is 0 Å². The molecule has 13 heteroatoms.